The number of hydrogen-bond acceptors (Lipinski definition) is 6. The van der Waals surface area contributed by atoms with Crippen molar-refractivity contribution < 1.29 is 29.2 Å². The molecule has 0 aliphatic heterocycles. The Morgan fingerprint density at radius 3 is 1.36 bits per heavy atom. The zero-order valence-electron chi connectivity index (χ0n) is 26.4. The van der Waals surface area contributed by atoms with Crippen LogP contribution >= 0.6 is 0 Å². The second-order valence-electron chi connectivity index (χ2n) is 11.5. The van der Waals surface area contributed by atoms with Crippen LogP contribution in [0.5, 0.6) is 23.0 Å². The molecule has 5 rings (SSSR count). The first-order chi connectivity index (χ1) is 21.7. The zero-order chi connectivity index (χ0) is 32.1. The summed E-state index contributed by atoms with van der Waals surface area (Å²) in [4.78, 5) is 0. The van der Waals surface area contributed by atoms with Crippen molar-refractivity contribution in [3.8, 4) is 34.1 Å². The molecule has 1 aliphatic rings. The molecule has 2 atom stereocenters. The van der Waals surface area contributed by atoms with Gasteiger partial charge in [0.05, 0.1) is 51.3 Å². The first-order valence-corrected chi connectivity index (χ1v) is 16.6. The van der Waals surface area contributed by atoms with Gasteiger partial charge >= 0.3 is 0 Å². The highest BCUT2D eigenvalue weighted by Gasteiger charge is 2.50. The topological polar surface area (TPSA) is 77.4 Å². The van der Waals surface area contributed by atoms with Crippen LogP contribution in [0.1, 0.15) is 62.8 Å². The Bertz CT molecular complexity index is 1510. The molecule has 1 aliphatic carbocycles. The molecule has 0 aromatic heterocycles. The summed E-state index contributed by atoms with van der Waals surface area (Å²) in [5.74, 6) is 2.44. The third-order valence-electron chi connectivity index (χ3n) is 7.86. The first kappa shape index (κ1) is 32.8. The molecule has 6 nitrogen and oxygen atoms in total. The number of aliphatic hydroxyl groups excluding tert-OH is 2. The summed E-state index contributed by atoms with van der Waals surface area (Å²) in [7, 11) is 7.80. The fourth-order valence-electron chi connectivity index (χ4n) is 6.05. The highest BCUT2D eigenvalue weighted by molar-refractivity contribution is 6.37. The van der Waals surface area contributed by atoms with Crippen LogP contribution in [0.25, 0.3) is 11.1 Å². The minimum atomic E-state index is -0.926. The van der Waals surface area contributed by atoms with Crippen LogP contribution in [0.4, 0.5) is 0 Å². The predicted octanol–water partition coefficient (Wildman–Crippen LogP) is 4.73. The van der Waals surface area contributed by atoms with Gasteiger partial charge in [-0.2, -0.15) is 0 Å². The molecule has 0 heterocycles. The van der Waals surface area contributed by atoms with Crippen molar-refractivity contribution in [3.05, 3.63) is 95.1 Å². The predicted molar refractivity (Wildman–Crippen MR) is 180 cm³/mol. The lowest BCUT2D eigenvalue weighted by Crippen LogP contribution is -2.34. The molecule has 0 amide bonds. The quantitative estimate of drug-likeness (QED) is 0.172. The van der Waals surface area contributed by atoms with Gasteiger partial charge < -0.3 is 29.2 Å². The minimum absolute atomic E-state index is 0.0829. The molecule has 0 fully saturated rings. The zero-order valence-corrected chi connectivity index (χ0v) is 28.4. The molecule has 4 aromatic rings. The number of benzene rings is 4. The first-order valence-electron chi connectivity index (χ1n) is 15.6. The van der Waals surface area contributed by atoms with Crippen molar-refractivity contribution in [2.75, 3.05) is 26.4 Å². The average molecular weight is 637 g/mol. The highest BCUT2D eigenvalue weighted by atomic mass is 28.1. The molecule has 0 saturated heterocycles. The van der Waals surface area contributed by atoms with E-state index in [0.29, 0.717) is 46.6 Å². The third kappa shape index (κ3) is 6.16. The maximum Gasteiger partial charge on any atom is 0.126 e. The fourth-order valence-corrected chi connectivity index (χ4v) is 6.78. The Morgan fingerprint density at radius 1 is 0.578 bits per heavy atom. The number of aliphatic hydroxyl groups is 2. The molecule has 0 bridgehead atoms. The van der Waals surface area contributed by atoms with E-state index in [4.69, 9.17) is 18.9 Å². The molecule has 4 aromatic carbocycles. The van der Waals surface area contributed by atoms with E-state index < -0.39 is 17.6 Å². The van der Waals surface area contributed by atoms with Crippen LogP contribution in [0.3, 0.4) is 0 Å². The van der Waals surface area contributed by atoms with E-state index >= 15 is 0 Å². The van der Waals surface area contributed by atoms with Gasteiger partial charge in [-0.15, -0.1) is 0 Å². The van der Waals surface area contributed by atoms with Gasteiger partial charge in [0.15, 0.2) is 0 Å². The molecule has 45 heavy (non-hydrogen) atoms. The van der Waals surface area contributed by atoms with Gasteiger partial charge in [-0.05, 0) is 61.1 Å². The summed E-state index contributed by atoms with van der Waals surface area (Å²) in [5.41, 5.74) is 5.08. The lowest BCUT2D eigenvalue weighted by Gasteiger charge is -2.37. The minimum Gasteiger partial charge on any atom is -0.494 e. The Balaban J connectivity index is 1.92. The van der Waals surface area contributed by atoms with Crippen LogP contribution in [0, 0.1) is 0 Å². The van der Waals surface area contributed by atoms with E-state index in [-0.39, 0.29) is 13.2 Å². The van der Waals surface area contributed by atoms with Crippen LogP contribution in [0.2, 0.25) is 0 Å². The number of fused-ring (bicyclic) bond motifs is 3. The molecular weight excluding hydrogens is 597 g/mol. The summed E-state index contributed by atoms with van der Waals surface area (Å²) in [5, 5.41) is 22.0. The van der Waals surface area contributed by atoms with Crippen molar-refractivity contribution in [2.24, 2.45) is 0 Å². The lowest BCUT2D eigenvalue weighted by atomic mass is 9.67. The average Bonchev–Trinajstić information content (AvgIpc) is 3.33. The van der Waals surface area contributed by atoms with Crippen LogP contribution in [0.15, 0.2) is 72.8 Å². The maximum atomic E-state index is 10.3. The summed E-state index contributed by atoms with van der Waals surface area (Å²) in [6.07, 6.45) is 0.312. The smallest absolute Gasteiger partial charge is 0.126 e. The second-order valence-corrected chi connectivity index (χ2v) is 12.5. The van der Waals surface area contributed by atoms with Crippen LogP contribution < -0.4 is 29.3 Å². The van der Waals surface area contributed by atoms with Gasteiger partial charge in [-0.25, -0.2) is 0 Å². The van der Waals surface area contributed by atoms with Crippen molar-refractivity contribution in [1.29, 1.82) is 0 Å². The molecule has 0 spiro atoms. The summed E-state index contributed by atoms with van der Waals surface area (Å²) < 4.78 is 25.2. The van der Waals surface area contributed by atoms with Gasteiger partial charge in [-0.1, -0.05) is 74.5 Å². The van der Waals surface area contributed by atoms with Crippen LogP contribution in [-0.2, 0) is 5.41 Å². The second kappa shape index (κ2) is 14.2. The van der Waals surface area contributed by atoms with E-state index in [1.807, 2.05) is 24.3 Å². The van der Waals surface area contributed by atoms with E-state index in [9.17, 15) is 10.2 Å². The van der Waals surface area contributed by atoms with Gasteiger partial charge in [0, 0.05) is 21.5 Å². The monoisotopic (exact) mass is 636 g/mol. The van der Waals surface area contributed by atoms with Crippen molar-refractivity contribution >= 4 is 30.9 Å². The van der Waals surface area contributed by atoms with E-state index in [1.165, 1.54) is 0 Å². The SMILES string of the molecule is CCCOc1ccc(C2(c3ccc(OCCC)c([Si])c3OCC(C)O)c3ccccc3-c3ccccc32)c(OCC(C)O)c1[Si]. The summed E-state index contributed by atoms with van der Waals surface area (Å²) in [6.45, 7) is 8.80. The van der Waals surface area contributed by atoms with Gasteiger partial charge in [0.25, 0.3) is 0 Å². The number of rotatable bonds is 14. The van der Waals surface area contributed by atoms with E-state index in [1.54, 1.807) is 13.8 Å². The molecule has 2 unspecified atom stereocenters. The van der Waals surface area contributed by atoms with Crippen molar-refractivity contribution in [1.82, 2.24) is 0 Å². The Hall–Kier alpha value is -3.57. The Labute approximate surface area is 273 Å². The fraction of sp³-hybridized carbons (Fsp3) is 0.351. The largest absolute Gasteiger partial charge is 0.494 e. The lowest BCUT2D eigenvalue weighted by molar-refractivity contribution is 0.121. The van der Waals surface area contributed by atoms with Crippen LogP contribution in [-0.4, -0.2) is 69.3 Å². The molecule has 232 valence electrons. The molecule has 6 radical (unpaired) electrons. The molecular formula is C37H40O6Si2. The molecule has 8 heteroatoms. The van der Waals surface area contributed by atoms with Gasteiger partial charge in [0.2, 0.25) is 0 Å². The highest BCUT2D eigenvalue weighted by Crippen LogP contribution is 2.59. The van der Waals surface area contributed by atoms with Crippen molar-refractivity contribution in [3.63, 3.8) is 0 Å². The Kier molecular flexibility index (Phi) is 10.4. The third-order valence-corrected chi connectivity index (χ3v) is 8.81. The summed E-state index contributed by atoms with van der Waals surface area (Å²) in [6, 6.07) is 24.8. The Morgan fingerprint density at radius 2 is 0.978 bits per heavy atom. The molecule has 0 saturated carbocycles. The van der Waals surface area contributed by atoms with Crippen molar-refractivity contribution in [2.45, 2.75) is 58.2 Å². The molecule has 2 N–H and O–H groups in total. The van der Waals surface area contributed by atoms with E-state index in [2.05, 4.69) is 82.9 Å². The summed E-state index contributed by atoms with van der Waals surface area (Å²) >= 11 is 0. The van der Waals surface area contributed by atoms with Gasteiger partial charge in [0.1, 0.15) is 36.2 Å². The van der Waals surface area contributed by atoms with E-state index in [0.717, 1.165) is 46.2 Å². The standard InChI is InChI=1S/C37H40O6Si2/c1-5-19-40-31-17-15-29(33(35(31)44)42-21-23(3)38)37(27-13-9-7-11-25(27)26-12-8-10-14-28(26)37)30-16-18-32(41-20-6-2)36(45)34(30)43-22-24(4)39/h7-18,23-24,38-39H,5-6,19-22H2,1-4H3. The number of ether oxygens (including phenoxy) is 4. The maximum absolute atomic E-state index is 10.3. The number of hydrogen-bond donors (Lipinski definition) is 2. The van der Waals surface area contributed by atoms with Gasteiger partial charge in [-0.3, -0.25) is 0 Å². The normalized spacial score (nSPS) is 14.3.